The predicted molar refractivity (Wildman–Crippen MR) is 126 cm³/mol. The van der Waals surface area contributed by atoms with Crippen molar-refractivity contribution in [2.24, 2.45) is 0 Å². The Hall–Kier alpha value is -3.95. The fourth-order valence-corrected chi connectivity index (χ4v) is 4.11. The largest absolute Gasteiger partial charge is 0.480 e. The van der Waals surface area contributed by atoms with Gasteiger partial charge in [0, 0.05) is 26.1 Å². The van der Waals surface area contributed by atoms with Crippen LogP contribution in [0.1, 0.15) is 37.6 Å². The number of amides is 3. The van der Waals surface area contributed by atoms with E-state index in [-0.39, 0.29) is 28.6 Å². The molecule has 1 fully saturated rings. The number of methoxy groups -OCH3 is 1. The number of nitrogens with one attached hydrogen (secondary N) is 2. The second kappa shape index (κ2) is 10.1. The Morgan fingerprint density at radius 3 is 2.77 bits per heavy atom. The van der Waals surface area contributed by atoms with E-state index >= 15 is 0 Å². The van der Waals surface area contributed by atoms with E-state index in [9.17, 15) is 14.9 Å². The number of ether oxygens (including phenoxy) is 2. The molecule has 3 amide bonds. The number of likely N-dealkylation sites (tertiary alicyclic amines) is 1. The normalized spacial score (nSPS) is 16.1. The number of carbonyl (C=O) groups excluding carboxylic acids is 2. The van der Waals surface area contributed by atoms with Crippen LogP contribution in [0.2, 0.25) is 5.15 Å². The summed E-state index contributed by atoms with van der Waals surface area (Å²) in [7, 11) is 1.40. The van der Waals surface area contributed by atoms with Crippen LogP contribution in [0.25, 0.3) is 5.65 Å². The van der Waals surface area contributed by atoms with Gasteiger partial charge in [0.2, 0.25) is 11.8 Å². The summed E-state index contributed by atoms with van der Waals surface area (Å²) in [6.45, 7) is 4.47. The molecule has 2 atom stereocenters. The van der Waals surface area contributed by atoms with Crippen LogP contribution in [0, 0.1) is 11.3 Å². The average molecular weight is 499 g/mol. The van der Waals surface area contributed by atoms with E-state index in [0.29, 0.717) is 42.2 Å². The lowest BCUT2D eigenvalue weighted by atomic mass is 10.2. The zero-order valence-electron chi connectivity index (χ0n) is 19.3. The third-order valence-corrected chi connectivity index (χ3v) is 5.72. The lowest BCUT2D eigenvalue weighted by Crippen LogP contribution is -2.28. The number of halogens is 1. The van der Waals surface area contributed by atoms with Crippen molar-refractivity contribution in [3.8, 4) is 11.9 Å². The molecule has 0 spiro atoms. The summed E-state index contributed by atoms with van der Waals surface area (Å²) in [6, 6.07) is 4.43. The second-order valence-electron chi connectivity index (χ2n) is 7.92. The molecule has 2 N–H and O–H groups in total. The molecular weight excluding hydrogens is 476 g/mol. The molecule has 3 aromatic rings. The molecular formula is C22H23ClN8O4. The van der Waals surface area contributed by atoms with Crippen LogP contribution in [0.4, 0.5) is 16.2 Å². The zero-order valence-corrected chi connectivity index (χ0v) is 20.0. The molecule has 1 saturated heterocycles. The Labute approximate surface area is 205 Å². The van der Waals surface area contributed by atoms with Crippen molar-refractivity contribution in [2.75, 3.05) is 30.8 Å². The number of hydrogen-bond acceptors (Lipinski definition) is 8. The molecule has 12 nitrogen and oxygen atoms in total. The molecule has 0 unspecified atom stereocenters. The fourth-order valence-electron chi connectivity index (χ4n) is 3.94. The van der Waals surface area contributed by atoms with Gasteiger partial charge in [-0.2, -0.15) is 10.4 Å². The average Bonchev–Trinajstić information content (AvgIpc) is 3.44. The van der Waals surface area contributed by atoms with Gasteiger partial charge in [-0.3, -0.25) is 4.79 Å². The molecule has 1 aliphatic rings. The fraction of sp³-hybridized carbons (Fsp3) is 0.364. The SMILES string of the molecule is COc1ncc(NC(=O)Nc2cnc3cc(Cl)nn3c2[C@H](C)O[C@H]2CCN(C(C)=O)C2)cc1C#N. The van der Waals surface area contributed by atoms with Gasteiger partial charge in [-0.25, -0.2) is 19.3 Å². The number of pyridine rings is 1. The smallest absolute Gasteiger partial charge is 0.323 e. The topological polar surface area (TPSA) is 147 Å². The van der Waals surface area contributed by atoms with E-state index in [1.165, 1.54) is 37.0 Å². The van der Waals surface area contributed by atoms with Crippen LogP contribution >= 0.6 is 11.6 Å². The van der Waals surface area contributed by atoms with E-state index in [4.69, 9.17) is 21.1 Å². The Kier molecular flexibility index (Phi) is 6.99. The minimum Gasteiger partial charge on any atom is -0.480 e. The Balaban J connectivity index is 1.57. The van der Waals surface area contributed by atoms with Gasteiger partial charge >= 0.3 is 6.03 Å². The number of anilines is 2. The first kappa shape index (κ1) is 24.2. The maximum absolute atomic E-state index is 12.8. The van der Waals surface area contributed by atoms with Gasteiger partial charge < -0.3 is 25.0 Å². The number of nitriles is 1. The summed E-state index contributed by atoms with van der Waals surface area (Å²) >= 11 is 6.10. The standard InChI is InChI=1S/C22H23ClN8O4/c1-12(35-16-4-5-30(11-16)13(2)32)20-17(10-25-19-7-18(23)29-31(19)20)28-22(33)27-15-6-14(8-24)21(34-3)26-9-15/h6-7,9-10,12,16H,4-5,11H2,1-3H3,(H2,27,28,33)/t12-,16-/m0/s1. The number of rotatable bonds is 6. The number of hydrogen-bond donors (Lipinski definition) is 2. The maximum atomic E-state index is 12.8. The molecule has 3 aromatic heterocycles. The lowest BCUT2D eigenvalue weighted by Gasteiger charge is -2.22. The summed E-state index contributed by atoms with van der Waals surface area (Å²) in [6.07, 6.45) is 2.89. The summed E-state index contributed by atoms with van der Waals surface area (Å²) in [5.41, 5.74) is 1.85. The molecule has 35 heavy (non-hydrogen) atoms. The molecule has 0 aliphatic carbocycles. The van der Waals surface area contributed by atoms with Crippen molar-refractivity contribution < 1.29 is 19.1 Å². The summed E-state index contributed by atoms with van der Waals surface area (Å²) in [4.78, 5) is 34.5. The van der Waals surface area contributed by atoms with E-state index < -0.39 is 12.1 Å². The van der Waals surface area contributed by atoms with Crippen LogP contribution in [0.5, 0.6) is 5.88 Å². The number of fused-ring (bicyclic) bond motifs is 1. The third-order valence-electron chi connectivity index (χ3n) is 5.53. The highest BCUT2D eigenvalue weighted by molar-refractivity contribution is 6.29. The van der Waals surface area contributed by atoms with Crippen molar-refractivity contribution >= 4 is 40.6 Å². The van der Waals surface area contributed by atoms with Crippen LogP contribution in [-0.4, -0.2) is 62.7 Å². The third kappa shape index (κ3) is 5.26. The molecule has 0 aromatic carbocycles. The molecule has 4 heterocycles. The lowest BCUT2D eigenvalue weighted by molar-refractivity contribution is -0.128. The summed E-state index contributed by atoms with van der Waals surface area (Å²) in [5, 5.41) is 19.2. The van der Waals surface area contributed by atoms with Crippen LogP contribution < -0.4 is 15.4 Å². The van der Waals surface area contributed by atoms with Gasteiger partial charge in [0.25, 0.3) is 0 Å². The molecule has 4 rings (SSSR count). The van der Waals surface area contributed by atoms with E-state index in [1.54, 1.807) is 11.0 Å². The number of urea groups is 1. The van der Waals surface area contributed by atoms with E-state index in [2.05, 4.69) is 25.7 Å². The van der Waals surface area contributed by atoms with Gasteiger partial charge in [0.05, 0.1) is 48.8 Å². The quantitative estimate of drug-likeness (QED) is 0.527. The van der Waals surface area contributed by atoms with Crippen molar-refractivity contribution in [3.63, 3.8) is 0 Å². The van der Waals surface area contributed by atoms with Crippen LogP contribution in [0.3, 0.4) is 0 Å². The first-order valence-corrected chi connectivity index (χ1v) is 11.1. The number of carbonyl (C=O) groups is 2. The Bertz CT molecular complexity index is 1320. The molecule has 1 aliphatic heterocycles. The van der Waals surface area contributed by atoms with Crippen LogP contribution in [-0.2, 0) is 9.53 Å². The highest BCUT2D eigenvalue weighted by Crippen LogP contribution is 2.30. The van der Waals surface area contributed by atoms with E-state index in [1.807, 2.05) is 13.0 Å². The molecule has 182 valence electrons. The van der Waals surface area contributed by atoms with Gasteiger partial charge in [-0.05, 0) is 19.4 Å². The van der Waals surface area contributed by atoms with Gasteiger partial charge in [0.1, 0.15) is 11.6 Å². The first-order valence-electron chi connectivity index (χ1n) is 10.8. The summed E-state index contributed by atoms with van der Waals surface area (Å²) < 4.78 is 12.8. The van der Waals surface area contributed by atoms with Crippen molar-refractivity contribution in [3.05, 3.63) is 40.9 Å². The second-order valence-corrected chi connectivity index (χ2v) is 8.31. The molecule has 0 saturated carbocycles. The van der Waals surface area contributed by atoms with Gasteiger partial charge in [-0.15, -0.1) is 0 Å². The molecule has 13 heteroatoms. The first-order chi connectivity index (χ1) is 16.8. The van der Waals surface area contributed by atoms with Crippen molar-refractivity contribution in [1.82, 2.24) is 24.5 Å². The number of aromatic nitrogens is 4. The number of nitrogens with zero attached hydrogens (tertiary/aromatic N) is 6. The highest BCUT2D eigenvalue weighted by Gasteiger charge is 2.29. The molecule has 0 radical (unpaired) electrons. The minimum atomic E-state index is -0.586. The Morgan fingerprint density at radius 1 is 1.29 bits per heavy atom. The van der Waals surface area contributed by atoms with Crippen LogP contribution in [0.15, 0.2) is 24.5 Å². The van der Waals surface area contributed by atoms with Gasteiger partial charge in [0.15, 0.2) is 10.8 Å². The molecule has 0 bridgehead atoms. The van der Waals surface area contributed by atoms with Gasteiger partial charge in [-0.1, -0.05) is 11.6 Å². The van der Waals surface area contributed by atoms with E-state index in [0.717, 1.165) is 0 Å². The predicted octanol–water partition coefficient (Wildman–Crippen LogP) is 3.00. The monoisotopic (exact) mass is 498 g/mol. The maximum Gasteiger partial charge on any atom is 0.323 e. The Morgan fingerprint density at radius 2 is 2.09 bits per heavy atom. The summed E-state index contributed by atoms with van der Waals surface area (Å²) in [5.74, 6) is 0.160. The zero-order chi connectivity index (χ0) is 25.1. The van der Waals surface area contributed by atoms with Crippen molar-refractivity contribution in [1.29, 1.82) is 5.26 Å². The van der Waals surface area contributed by atoms with Crippen molar-refractivity contribution in [2.45, 2.75) is 32.5 Å². The minimum absolute atomic E-state index is 0.000478. The highest BCUT2D eigenvalue weighted by atomic mass is 35.5.